The Labute approximate surface area is 194 Å². The number of unbranched alkanes of at least 4 members (excludes halogenated alkanes) is 1. The first-order valence-electron chi connectivity index (χ1n) is 11.0. The number of rotatable bonds is 10. The van der Waals surface area contributed by atoms with E-state index in [4.69, 9.17) is 15.2 Å². The van der Waals surface area contributed by atoms with Gasteiger partial charge in [-0.15, -0.1) is 11.8 Å². The number of nitrogens with two attached hydrogens (primary N) is 1. The van der Waals surface area contributed by atoms with E-state index in [1.165, 1.54) is 16.7 Å². The van der Waals surface area contributed by atoms with Gasteiger partial charge in [0.2, 0.25) is 5.91 Å². The van der Waals surface area contributed by atoms with Crippen molar-refractivity contribution in [3.05, 3.63) is 24.3 Å². The van der Waals surface area contributed by atoms with Gasteiger partial charge in [-0.3, -0.25) is 24.6 Å². The predicted octanol–water partition coefficient (Wildman–Crippen LogP) is 2.49. The first-order valence-corrected chi connectivity index (χ1v) is 12.0. The van der Waals surface area contributed by atoms with Gasteiger partial charge in [-0.1, -0.05) is 18.6 Å². The van der Waals surface area contributed by atoms with Crippen LogP contribution < -0.4 is 16.0 Å². The van der Waals surface area contributed by atoms with Crippen LogP contribution in [0.3, 0.4) is 0 Å². The number of thioether (sulfide) groups is 1. The van der Waals surface area contributed by atoms with Crippen LogP contribution in [0, 0.1) is 0 Å². The van der Waals surface area contributed by atoms with Crippen LogP contribution in [-0.2, 0) is 23.9 Å². The average Bonchev–Trinajstić information content (AvgIpc) is 2.84. The van der Waals surface area contributed by atoms with E-state index in [0.29, 0.717) is 24.4 Å². The molecule has 0 aromatic heterocycles. The van der Waals surface area contributed by atoms with E-state index >= 15 is 0 Å². The first kappa shape index (κ1) is 26.2. The SMILES string of the molecule is CCOC(=O)[C@@H](CCCCN)NC1CSc2ccccc2N(CC(=O)OC(C)(C)C)C1=O. The Morgan fingerprint density at radius 3 is 2.66 bits per heavy atom. The van der Waals surface area contributed by atoms with Gasteiger partial charge in [0.25, 0.3) is 0 Å². The van der Waals surface area contributed by atoms with E-state index in [-0.39, 0.29) is 25.0 Å². The number of benzene rings is 1. The second kappa shape index (κ2) is 12.2. The number of carbonyl (C=O) groups excluding carboxylic acids is 3. The minimum Gasteiger partial charge on any atom is -0.465 e. The summed E-state index contributed by atoms with van der Waals surface area (Å²) in [6.45, 7) is 7.70. The molecule has 1 heterocycles. The van der Waals surface area contributed by atoms with Crippen LogP contribution in [0.25, 0.3) is 0 Å². The van der Waals surface area contributed by atoms with Crippen molar-refractivity contribution in [2.75, 3.05) is 30.3 Å². The van der Waals surface area contributed by atoms with Crippen LogP contribution in [0.5, 0.6) is 0 Å². The molecule has 0 bridgehead atoms. The lowest BCUT2D eigenvalue weighted by molar-refractivity contribution is -0.154. The summed E-state index contributed by atoms with van der Waals surface area (Å²) in [4.78, 5) is 40.9. The maximum atomic E-state index is 13.5. The van der Waals surface area contributed by atoms with Crippen LogP contribution in [0.15, 0.2) is 29.2 Å². The van der Waals surface area contributed by atoms with Crippen LogP contribution in [0.2, 0.25) is 0 Å². The van der Waals surface area contributed by atoms with E-state index in [2.05, 4.69) is 5.32 Å². The molecular formula is C23H35N3O5S. The number of nitrogens with one attached hydrogen (secondary N) is 1. The lowest BCUT2D eigenvalue weighted by Crippen LogP contribution is -2.54. The highest BCUT2D eigenvalue weighted by molar-refractivity contribution is 7.99. The van der Waals surface area contributed by atoms with Gasteiger partial charge in [-0.05, 0) is 59.2 Å². The molecule has 1 aliphatic rings. The molecule has 0 saturated heterocycles. The molecule has 1 unspecified atom stereocenters. The molecule has 2 atom stereocenters. The molecule has 8 nitrogen and oxygen atoms in total. The zero-order valence-corrected chi connectivity index (χ0v) is 20.2. The first-order chi connectivity index (χ1) is 15.2. The molecule has 0 aliphatic carbocycles. The lowest BCUT2D eigenvalue weighted by Gasteiger charge is -2.28. The third kappa shape index (κ3) is 7.79. The molecule has 32 heavy (non-hydrogen) atoms. The highest BCUT2D eigenvalue weighted by Gasteiger charge is 2.35. The molecule has 3 N–H and O–H groups in total. The number of nitrogens with zero attached hydrogens (tertiary/aromatic N) is 1. The Morgan fingerprint density at radius 1 is 1.28 bits per heavy atom. The highest BCUT2D eigenvalue weighted by atomic mass is 32.2. The molecular weight excluding hydrogens is 430 g/mol. The standard InChI is InChI=1S/C23H35N3O5S/c1-5-30-22(29)16(10-8-9-13-24)25-17-15-32-19-12-7-6-11-18(19)26(21(17)28)14-20(27)31-23(2,3)4/h6-7,11-12,16-17,25H,5,8-10,13-15,24H2,1-4H3/t16-,17?/m1/s1. The lowest BCUT2D eigenvalue weighted by atomic mass is 10.1. The highest BCUT2D eigenvalue weighted by Crippen LogP contribution is 2.34. The summed E-state index contributed by atoms with van der Waals surface area (Å²) in [6.07, 6.45) is 2.04. The van der Waals surface area contributed by atoms with Crippen molar-refractivity contribution >= 4 is 35.3 Å². The number of para-hydroxylation sites is 1. The van der Waals surface area contributed by atoms with E-state index in [1.807, 2.05) is 24.3 Å². The molecule has 0 fully saturated rings. The Balaban J connectivity index is 2.25. The predicted molar refractivity (Wildman–Crippen MR) is 126 cm³/mol. The number of amides is 1. The number of carbonyl (C=O) groups is 3. The second-order valence-electron chi connectivity index (χ2n) is 8.60. The third-order valence-corrected chi connectivity index (χ3v) is 5.91. The van der Waals surface area contributed by atoms with Crippen molar-refractivity contribution in [3.8, 4) is 0 Å². The number of hydrogen-bond donors (Lipinski definition) is 2. The zero-order chi connectivity index (χ0) is 23.7. The summed E-state index contributed by atoms with van der Waals surface area (Å²) in [5, 5.41) is 3.20. The molecule has 2 rings (SSSR count). The minimum absolute atomic E-state index is 0.205. The van der Waals surface area contributed by atoms with Crippen molar-refractivity contribution in [3.63, 3.8) is 0 Å². The summed E-state index contributed by atoms with van der Waals surface area (Å²) in [7, 11) is 0. The van der Waals surface area contributed by atoms with Gasteiger partial charge < -0.3 is 15.2 Å². The second-order valence-corrected chi connectivity index (χ2v) is 9.66. The summed E-state index contributed by atoms with van der Waals surface area (Å²) < 4.78 is 10.7. The maximum Gasteiger partial charge on any atom is 0.326 e. The number of esters is 2. The smallest absolute Gasteiger partial charge is 0.326 e. The fraction of sp³-hybridized carbons (Fsp3) is 0.609. The fourth-order valence-corrected chi connectivity index (χ4v) is 4.47. The Hall–Kier alpha value is -2.10. The van der Waals surface area contributed by atoms with Crippen LogP contribution in [0.4, 0.5) is 5.69 Å². The van der Waals surface area contributed by atoms with Gasteiger partial charge in [0.1, 0.15) is 18.2 Å². The van der Waals surface area contributed by atoms with Gasteiger partial charge in [0, 0.05) is 10.6 Å². The monoisotopic (exact) mass is 465 g/mol. The Morgan fingerprint density at radius 2 is 2.00 bits per heavy atom. The zero-order valence-electron chi connectivity index (χ0n) is 19.4. The minimum atomic E-state index is -0.665. The molecule has 1 aromatic rings. The van der Waals surface area contributed by atoms with Gasteiger partial charge in [0.15, 0.2) is 0 Å². The molecule has 9 heteroatoms. The van der Waals surface area contributed by atoms with E-state index < -0.39 is 23.7 Å². The summed E-state index contributed by atoms with van der Waals surface area (Å²) in [5.74, 6) is -0.728. The number of ether oxygens (including phenoxy) is 2. The molecule has 0 saturated carbocycles. The number of fused-ring (bicyclic) bond motifs is 1. The quantitative estimate of drug-likeness (QED) is 0.401. The van der Waals surface area contributed by atoms with Gasteiger partial charge in [0.05, 0.1) is 18.3 Å². The van der Waals surface area contributed by atoms with Crippen molar-refractivity contribution < 1.29 is 23.9 Å². The molecule has 1 aromatic carbocycles. The van der Waals surface area contributed by atoms with E-state index in [1.54, 1.807) is 27.7 Å². The summed E-state index contributed by atoms with van der Waals surface area (Å²) in [6, 6.07) is 6.17. The van der Waals surface area contributed by atoms with Crippen LogP contribution >= 0.6 is 11.8 Å². The van der Waals surface area contributed by atoms with E-state index in [9.17, 15) is 14.4 Å². The van der Waals surface area contributed by atoms with Gasteiger partial charge in [-0.25, -0.2) is 0 Å². The van der Waals surface area contributed by atoms with Crippen molar-refractivity contribution in [1.82, 2.24) is 5.32 Å². The third-order valence-electron chi connectivity index (χ3n) is 4.75. The molecule has 1 aliphatic heterocycles. The van der Waals surface area contributed by atoms with E-state index in [0.717, 1.165) is 17.7 Å². The Kier molecular flexibility index (Phi) is 9.99. The largest absolute Gasteiger partial charge is 0.465 e. The van der Waals surface area contributed by atoms with Crippen molar-refractivity contribution in [1.29, 1.82) is 0 Å². The number of hydrogen-bond acceptors (Lipinski definition) is 8. The number of anilines is 1. The van der Waals surface area contributed by atoms with Crippen molar-refractivity contribution in [2.24, 2.45) is 5.73 Å². The normalized spacial score (nSPS) is 17.3. The molecule has 0 spiro atoms. The fourth-order valence-electron chi connectivity index (χ4n) is 3.39. The molecule has 0 radical (unpaired) electrons. The molecule has 178 valence electrons. The Bertz CT molecular complexity index is 796. The summed E-state index contributed by atoms with van der Waals surface area (Å²) in [5.41, 5.74) is 5.59. The van der Waals surface area contributed by atoms with Crippen LogP contribution in [-0.4, -0.2) is 61.0 Å². The molecule has 1 amide bonds. The van der Waals surface area contributed by atoms with Gasteiger partial charge >= 0.3 is 11.9 Å². The van der Waals surface area contributed by atoms with Gasteiger partial charge in [-0.2, -0.15) is 0 Å². The maximum absolute atomic E-state index is 13.5. The van der Waals surface area contributed by atoms with Crippen molar-refractivity contribution in [2.45, 2.75) is 69.5 Å². The topological polar surface area (TPSA) is 111 Å². The summed E-state index contributed by atoms with van der Waals surface area (Å²) >= 11 is 1.51. The average molecular weight is 466 g/mol. The van der Waals surface area contributed by atoms with Crippen LogP contribution in [0.1, 0.15) is 47.0 Å².